The van der Waals surface area contributed by atoms with Gasteiger partial charge < -0.3 is 19.4 Å². The summed E-state index contributed by atoms with van der Waals surface area (Å²) in [6.45, 7) is 10.4. The molecule has 136 valence electrons. The predicted molar refractivity (Wildman–Crippen MR) is 97.8 cm³/mol. The number of carbonyl (C=O) groups excluding carboxylic acids is 1. The van der Waals surface area contributed by atoms with Crippen LogP contribution in [0.25, 0.3) is 0 Å². The van der Waals surface area contributed by atoms with E-state index in [2.05, 4.69) is 5.32 Å². The minimum absolute atomic E-state index is 0.0398. The minimum Gasteiger partial charge on any atom is -0.399 e. The van der Waals surface area contributed by atoms with Gasteiger partial charge in [-0.1, -0.05) is 24.3 Å². The van der Waals surface area contributed by atoms with Crippen molar-refractivity contribution in [1.29, 1.82) is 0 Å². The monoisotopic (exact) mass is 345 g/mol. The maximum Gasteiger partial charge on any atom is 0.494 e. The summed E-state index contributed by atoms with van der Waals surface area (Å²) in [7, 11) is -0.399. The molecule has 0 saturated carbocycles. The van der Waals surface area contributed by atoms with Crippen LogP contribution in [0.15, 0.2) is 24.3 Å². The SMILES string of the molecule is CC1(C)OB(c2cccc(CC(=O)NCC3CCOC3)c2)OC1(C)C. The smallest absolute Gasteiger partial charge is 0.399 e. The van der Waals surface area contributed by atoms with E-state index in [1.165, 1.54) is 0 Å². The van der Waals surface area contributed by atoms with Gasteiger partial charge in [0.05, 0.1) is 24.2 Å². The number of ether oxygens (including phenoxy) is 1. The lowest BCUT2D eigenvalue weighted by Gasteiger charge is -2.32. The Morgan fingerprint density at radius 2 is 1.96 bits per heavy atom. The van der Waals surface area contributed by atoms with Gasteiger partial charge in [-0.15, -0.1) is 0 Å². The summed E-state index contributed by atoms with van der Waals surface area (Å²) in [5, 5.41) is 3.01. The lowest BCUT2D eigenvalue weighted by Crippen LogP contribution is -2.41. The van der Waals surface area contributed by atoms with Crippen molar-refractivity contribution < 1.29 is 18.8 Å². The average Bonchev–Trinajstić information content (AvgIpc) is 3.12. The predicted octanol–water partition coefficient (Wildman–Crippen LogP) is 1.68. The first-order valence-corrected chi connectivity index (χ1v) is 9.06. The van der Waals surface area contributed by atoms with Gasteiger partial charge in [0, 0.05) is 19.1 Å². The first kappa shape index (κ1) is 18.4. The second-order valence-electron chi connectivity index (χ2n) is 8.04. The molecule has 2 heterocycles. The van der Waals surface area contributed by atoms with E-state index in [-0.39, 0.29) is 17.1 Å². The molecule has 1 amide bonds. The average molecular weight is 345 g/mol. The topological polar surface area (TPSA) is 56.8 Å². The Morgan fingerprint density at radius 1 is 1.24 bits per heavy atom. The second kappa shape index (κ2) is 7.10. The number of rotatable bonds is 5. The van der Waals surface area contributed by atoms with Gasteiger partial charge in [-0.05, 0) is 45.1 Å². The zero-order valence-electron chi connectivity index (χ0n) is 15.6. The van der Waals surface area contributed by atoms with Crippen LogP contribution in [0.1, 0.15) is 39.7 Å². The Morgan fingerprint density at radius 3 is 2.60 bits per heavy atom. The Kier molecular flexibility index (Phi) is 5.23. The van der Waals surface area contributed by atoms with Crippen molar-refractivity contribution in [2.75, 3.05) is 19.8 Å². The van der Waals surface area contributed by atoms with Crippen LogP contribution in [-0.2, 0) is 25.3 Å². The maximum absolute atomic E-state index is 12.2. The van der Waals surface area contributed by atoms with Gasteiger partial charge in [-0.3, -0.25) is 4.79 Å². The molecule has 2 aliphatic heterocycles. The van der Waals surface area contributed by atoms with Gasteiger partial charge in [0.15, 0.2) is 0 Å². The third-order valence-electron chi connectivity index (χ3n) is 5.45. The van der Waals surface area contributed by atoms with E-state index in [1.54, 1.807) is 0 Å². The summed E-state index contributed by atoms with van der Waals surface area (Å²) < 4.78 is 17.5. The lowest BCUT2D eigenvalue weighted by atomic mass is 9.78. The fourth-order valence-corrected chi connectivity index (χ4v) is 3.08. The van der Waals surface area contributed by atoms with E-state index < -0.39 is 7.12 Å². The summed E-state index contributed by atoms with van der Waals surface area (Å²) in [6.07, 6.45) is 1.39. The molecular weight excluding hydrogens is 317 g/mol. The summed E-state index contributed by atoms with van der Waals surface area (Å²) in [6, 6.07) is 7.90. The molecule has 0 bridgehead atoms. The highest BCUT2D eigenvalue weighted by molar-refractivity contribution is 6.62. The van der Waals surface area contributed by atoms with Gasteiger partial charge in [-0.25, -0.2) is 0 Å². The Labute approximate surface area is 150 Å². The molecule has 25 heavy (non-hydrogen) atoms. The number of hydrogen-bond donors (Lipinski definition) is 1. The minimum atomic E-state index is -0.399. The van der Waals surface area contributed by atoms with Crippen molar-refractivity contribution in [3.63, 3.8) is 0 Å². The molecule has 0 aliphatic carbocycles. The van der Waals surface area contributed by atoms with E-state index in [4.69, 9.17) is 14.0 Å². The number of nitrogens with one attached hydrogen (secondary N) is 1. The molecule has 1 N–H and O–H groups in total. The van der Waals surface area contributed by atoms with Gasteiger partial charge in [-0.2, -0.15) is 0 Å². The second-order valence-corrected chi connectivity index (χ2v) is 8.04. The van der Waals surface area contributed by atoms with Crippen LogP contribution in [0.4, 0.5) is 0 Å². The molecule has 2 aliphatic rings. The zero-order chi connectivity index (χ0) is 18.1. The van der Waals surface area contributed by atoms with E-state index in [0.29, 0.717) is 18.9 Å². The van der Waals surface area contributed by atoms with E-state index in [1.807, 2.05) is 52.0 Å². The Balaban J connectivity index is 1.59. The summed E-state index contributed by atoms with van der Waals surface area (Å²) in [5.41, 5.74) is 1.18. The van der Waals surface area contributed by atoms with E-state index >= 15 is 0 Å². The molecule has 3 rings (SSSR count). The molecule has 1 atom stereocenters. The van der Waals surface area contributed by atoms with Crippen LogP contribution >= 0.6 is 0 Å². The van der Waals surface area contributed by atoms with Crippen LogP contribution in [0.5, 0.6) is 0 Å². The van der Waals surface area contributed by atoms with E-state index in [0.717, 1.165) is 30.7 Å². The third kappa shape index (κ3) is 4.25. The van der Waals surface area contributed by atoms with Crippen molar-refractivity contribution in [2.24, 2.45) is 5.92 Å². The number of benzene rings is 1. The molecule has 0 radical (unpaired) electrons. The van der Waals surface area contributed by atoms with Gasteiger partial charge >= 0.3 is 7.12 Å². The molecule has 0 spiro atoms. The van der Waals surface area contributed by atoms with E-state index in [9.17, 15) is 4.79 Å². The molecule has 2 saturated heterocycles. The molecule has 6 heteroatoms. The molecular formula is C19H28BNO4. The highest BCUT2D eigenvalue weighted by atomic mass is 16.7. The standard InChI is InChI=1S/C19H28BNO4/c1-18(2)19(3,4)25-20(24-18)16-7-5-6-14(10-16)11-17(22)21-12-15-8-9-23-13-15/h5-7,10,15H,8-9,11-13H2,1-4H3,(H,21,22). The molecule has 2 fully saturated rings. The van der Waals surface area contributed by atoms with Gasteiger partial charge in [0.2, 0.25) is 5.91 Å². The maximum atomic E-state index is 12.2. The van der Waals surface area contributed by atoms with Crippen molar-refractivity contribution in [3.8, 4) is 0 Å². The highest BCUT2D eigenvalue weighted by Gasteiger charge is 2.51. The van der Waals surface area contributed by atoms with Crippen molar-refractivity contribution in [2.45, 2.75) is 51.7 Å². The normalized spacial score (nSPS) is 24.5. The number of carbonyl (C=O) groups is 1. The van der Waals surface area contributed by atoms with Crippen LogP contribution in [0.3, 0.4) is 0 Å². The molecule has 0 aromatic heterocycles. The van der Waals surface area contributed by atoms with Crippen molar-refractivity contribution in [3.05, 3.63) is 29.8 Å². The Bertz CT molecular complexity index is 610. The largest absolute Gasteiger partial charge is 0.494 e. The lowest BCUT2D eigenvalue weighted by molar-refractivity contribution is -0.120. The summed E-state index contributed by atoms with van der Waals surface area (Å²) in [4.78, 5) is 12.2. The van der Waals surface area contributed by atoms with Crippen LogP contribution in [0, 0.1) is 5.92 Å². The zero-order valence-corrected chi connectivity index (χ0v) is 15.6. The van der Waals surface area contributed by atoms with Gasteiger partial charge in [0.1, 0.15) is 0 Å². The number of amides is 1. The molecule has 5 nitrogen and oxygen atoms in total. The van der Waals surface area contributed by atoms with Crippen LogP contribution in [0.2, 0.25) is 0 Å². The quantitative estimate of drug-likeness (QED) is 0.825. The first-order chi connectivity index (χ1) is 11.8. The van der Waals surface area contributed by atoms with Crippen LogP contribution in [-0.4, -0.2) is 44.0 Å². The first-order valence-electron chi connectivity index (χ1n) is 9.06. The fraction of sp³-hybridized carbons (Fsp3) is 0.632. The summed E-state index contributed by atoms with van der Waals surface area (Å²) in [5.74, 6) is 0.484. The summed E-state index contributed by atoms with van der Waals surface area (Å²) >= 11 is 0. The van der Waals surface area contributed by atoms with Gasteiger partial charge in [0.25, 0.3) is 0 Å². The Hall–Kier alpha value is -1.37. The number of hydrogen-bond acceptors (Lipinski definition) is 4. The van der Waals surface area contributed by atoms with Crippen LogP contribution < -0.4 is 10.8 Å². The highest BCUT2D eigenvalue weighted by Crippen LogP contribution is 2.36. The van der Waals surface area contributed by atoms with Crippen molar-refractivity contribution >= 4 is 18.5 Å². The molecule has 1 aromatic rings. The molecule has 1 aromatic carbocycles. The molecule has 1 unspecified atom stereocenters. The van der Waals surface area contributed by atoms with Crippen molar-refractivity contribution in [1.82, 2.24) is 5.32 Å². The fourth-order valence-electron chi connectivity index (χ4n) is 3.08. The third-order valence-corrected chi connectivity index (χ3v) is 5.45.